The Bertz CT molecular complexity index is 1230. The molecule has 3 heterocycles. The zero-order chi connectivity index (χ0) is 27.9. The Balaban J connectivity index is 1.52. The van der Waals surface area contributed by atoms with Gasteiger partial charge in [0.1, 0.15) is 11.9 Å². The van der Waals surface area contributed by atoms with Crippen LogP contribution >= 0.6 is 11.3 Å². The first kappa shape index (κ1) is 29.3. The largest absolute Gasteiger partial charge is 0.354 e. The van der Waals surface area contributed by atoms with Gasteiger partial charge < -0.3 is 20.1 Å². The number of amides is 2. The zero-order valence-electron chi connectivity index (χ0n) is 24.2. The van der Waals surface area contributed by atoms with E-state index in [4.69, 9.17) is 4.98 Å². The molecular weight excluding hydrogens is 506 g/mol. The van der Waals surface area contributed by atoms with Crippen molar-refractivity contribution in [2.24, 2.45) is 11.8 Å². The number of nitrogens with zero attached hydrogens (tertiary/aromatic N) is 3. The molecule has 2 amide bonds. The molecule has 1 unspecified atom stereocenters. The van der Waals surface area contributed by atoms with E-state index in [-0.39, 0.29) is 17.7 Å². The average molecular weight is 552 g/mol. The van der Waals surface area contributed by atoms with Crippen LogP contribution in [0.15, 0.2) is 35.7 Å². The van der Waals surface area contributed by atoms with E-state index >= 15 is 0 Å². The van der Waals surface area contributed by atoms with Gasteiger partial charge in [0.15, 0.2) is 0 Å². The van der Waals surface area contributed by atoms with Gasteiger partial charge in [0.2, 0.25) is 5.91 Å². The molecule has 0 saturated carbocycles. The minimum absolute atomic E-state index is 0.0948. The van der Waals surface area contributed by atoms with Gasteiger partial charge in [-0.3, -0.25) is 9.59 Å². The van der Waals surface area contributed by atoms with Gasteiger partial charge in [-0.1, -0.05) is 33.8 Å². The first-order valence-electron chi connectivity index (χ1n) is 14.6. The van der Waals surface area contributed by atoms with Crippen LogP contribution < -0.4 is 10.6 Å². The fraction of sp³-hybridized carbons (Fsp3) is 0.581. The highest BCUT2D eigenvalue weighted by atomic mass is 32.1. The van der Waals surface area contributed by atoms with Crippen molar-refractivity contribution in [1.29, 1.82) is 0 Å². The third kappa shape index (κ3) is 7.48. The van der Waals surface area contributed by atoms with Gasteiger partial charge in [-0.25, -0.2) is 4.98 Å². The van der Waals surface area contributed by atoms with Gasteiger partial charge in [0, 0.05) is 36.0 Å². The molecule has 3 aromatic rings. The van der Waals surface area contributed by atoms with Gasteiger partial charge in [-0.05, 0) is 87.2 Å². The molecular formula is C31H45N5O2S. The highest BCUT2D eigenvalue weighted by Crippen LogP contribution is 2.28. The van der Waals surface area contributed by atoms with Crippen LogP contribution in [0.4, 0.5) is 0 Å². The van der Waals surface area contributed by atoms with E-state index < -0.39 is 6.04 Å². The molecule has 2 aromatic heterocycles. The highest BCUT2D eigenvalue weighted by Gasteiger charge is 2.25. The Morgan fingerprint density at radius 3 is 2.64 bits per heavy atom. The third-order valence-electron chi connectivity index (χ3n) is 7.86. The van der Waals surface area contributed by atoms with Crippen LogP contribution in [0, 0.1) is 11.8 Å². The first-order valence-corrected chi connectivity index (χ1v) is 15.5. The summed E-state index contributed by atoms with van der Waals surface area (Å²) in [6, 6.07) is 9.78. The number of likely N-dealkylation sites (tertiary alicyclic amines) is 1. The van der Waals surface area contributed by atoms with Crippen molar-refractivity contribution >= 4 is 34.2 Å². The maximum absolute atomic E-state index is 13.4. The minimum Gasteiger partial charge on any atom is -0.354 e. The normalized spacial score (nSPS) is 17.2. The van der Waals surface area contributed by atoms with Crippen molar-refractivity contribution in [2.75, 3.05) is 26.7 Å². The Hall–Kier alpha value is -2.71. The van der Waals surface area contributed by atoms with E-state index in [9.17, 15) is 9.59 Å². The van der Waals surface area contributed by atoms with Gasteiger partial charge in [0.05, 0.1) is 11.0 Å². The fourth-order valence-corrected chi connectivity index (χ4v) is 6.50. The van der Waals surface area contributed by atoms with Crippen LogP contribution in [0.5, 0.6) is 0 Å². The molecule has 8 heteroatoms. The number of aromatic nitrogens is 2. The molecule has 0 spiro atoms. The van der Waals surface area contributed by atoms with E-state index in [2.05, 4.69) is 72.4 Å². The summed E-state index contributed by atoms with van der Waals surface area (Å²) in [4.78, 5) is 35.2. The molecule has 1 aromatic carbocycles. The summed E-state index contributed by atoms with van der Waals surface area (Å²) in [7, 11) is 2.13. The number of benzene rings is 1. The number of nitrogens with one attached hydrogen (secondary N) is 2. The molecule has 39 heavy (non-hydrogen) atoms. The molecule has 7 nitrogen and oxygen atoms in total. The summed E-state index contributed by atoms with van der Waals surface area (Å²) in [5.74, 6) is 1.44. The summed E-state index contributed by atoms with van der Waals surface area (Å²) in [6.45, 7) is 11.3. The second kappa shape index (κ2) is 13.6. The Morgan fingerprint density at radius 1 is 1.18 bits per heavy atom. The monoisotopic (exact) mass is 551 g/mol. The maximum Gasteiger partial charge on any atom is 0.252 e. The summed E-state index contributed by atoms with van der Waals surface area (Å²) in [5, 5.41) is 8.26. The molecule has 4 rings (SSSR count). The van der Waals surface area contributed by atoms with Crippen LogP contribution in [0.1, 0.15) is 86.9 Å². The second-order valence-electron chi connectivity index (χ2n) is 11.5. The standard InChI is InChI=1S/C31H45N5O2S/c1-6-24(7-2)36-28-13-12-23(17-26(28)33-29(36)18-25-11-9-15-39-25)30(37)34-27(16-21(3)4)31(38)32-19-22-10-8-14-35(5)20-22/h9,11-13,15,17,21-22,24,27H,6-8,10,14,16,18-20H2,1-5H3,(H,32,38)(H,34,37)/t22?,27-/m0/s1. The minimum atomic E-state index is -0.564. The summed E-state index contributed by atoms with van der Waals surface area (Å²) in [6.07, 6.45) is 5.70. The number of carbonyl (C=O) groups is 2. The van der Waals surface area contributed by atoms with Crippen LogP contribution in [-0.4, -0.2) is 59.0 Å². The van der Waals surface area contributed by atoms with Gasteiger partial charge in [0.25, 0.3) is 5.91 Å². The molecule has 1 aliphatic heterocycles. The topological polar surface area (TPSA) is 79.3 Å². The molecule has 0 aliphatic carbocycles. The van der Waals surface area contributed by atoms with Crippen molar-refractivity contribution in [3.05, 3.63) is 52.0 Å². The van der Waals surface area contributed by atoms with Crippen molar-refractivity contribution in [1.82, 2.24) is 25.1 Å². The predicted molar refractivity (Wildman–Crippen MR) is 160 cm³/mol. The van der Waals surface area contributed by atoms with E-state index in [1.165, 1.54) is 4.88 Å². The molecule has 1 saturated heterocycles. The molecule has 2 N–H and O–H groups in total. The van der Waals surface area contributed by atoms with Gasteiger partial charge >= 0.3 is 0 Å². The fourth-order valence-electron chi connectivity index (χ4n) is 5.80. The number of carbonyl (C=O) groups excluding carboxylic acids is 2. The molecule has 0 bridgehead atoms. The molecule has 212 valence electrons. The third-order valence-corrected chi connectivity index (χ3v) is 8.74. The number of fused-ring (bicyclic) bond motifs is 1. The van der Waals surface area contributed by atoms with Crippen molar-refractivity contribution in [3.63, 3.8) is 0 Å². The lowest BCUT2D eigenvalue weighted by Crippen LogP contribution is -2.49. The number of hydrogen-bond acceptors (Lipinski definition) is 5. The number of hydrogen-bond donors (Lipinski definition) is 2. The summed E-state index contributed by atoms with van der Waals surface area (Å²) < 4.78 is 2.36. The zero-order valence-corrected chi connectivity index (χ0v) is 25.0. The lowest BCUT2D eigenvalue weighted by Gasteiger charge is -2.30. The number of imidazole rings is 1. The molecule has 1 fully saturated rings. The maximum atomic E-state index is 13.4. The van der Waals surface area contributed by atoms with Crippen LogP contribution in [0.3, 0.4) is 0 Å². The van der Waals surface area contributed by atoms with E-state index in [0.717, 1.165) is 62.1 Å². The van der Waals surface area contributed by atoms with E-state index in [1.54, 1.807) is 11.3 Å². The Labute approximate surface area is 237 Å². The van der Waals surface area contributed by atoms with Crippen LogP contribution in [0.25, 0.3) is 11.0 Å². The number of piperidine rings is 1. The Kier molecular flexibility index (Phi) is 10.2. The summed E-state index contributed by atoms with van der Waals surface area (Å²) >= 11 is 1.74. The van der Waals surface area contributed by atoms with E-state index in [1.807, 2.05) is 18.2 Å². The van der Waals surface area contributed by atoms with Crippen molar-refractivity contribution < 1.29 is 9.59 Å². The molecule has 1 aliphatic rings. The summed E-state index contributed by atoms with van der Waals surface area (Å²) in [5.41, 5.74) is 2.42. The smallest absolute Gasteiger partial charge is 0.252 e. The number of thiophene rings is 1. The highest BCUT2D eigenvalue weighted by molar-refractivity contribution is 7.09. The van der Waals surface area contributed by atoms with Gasteiger partial charge in [-0.15, -0.1) is 11.3 Å². The van der Waals surface area contributed by atoms with Gasteiger partial charge in [-0.2, -0.15) is 0 Å². The lowest BCUT2D eigenvalue weighted by molar-refractivity contribution is -0.123. The Morgan fingerprint density at radius 2 is 1.97 bits per heavy atom. The van der Waals surface area contributed by atoms with Crippen molar-refractivity contribution in [3.8, 4) is 0 Å². The van der Waals surface area contributed by atoms with Crippen molar-refractivity contribution in [2.45, 2.75) is 78.3 Å². The quantitative estimate of drug-likeness (QED) is 0.305. The lowest BCUT2D eigenvalue weighted by atomic mass is 9.98. The van der Waals surface area contributed by atoms with Crippen LogP contribution in [0.2, 0.25) is 0 Å². The SMILES string of the molecule is CCC(CC)n1c(Cc2cccs2)nc2cc(C(=O)N[C@@H](CC(C)C)C(=O)NCC3CCCN(C)C3)ccc21. The number of rotatable bonds is 12. The second-order valence-corrected chi connectivity index (χ2v) is 12.5. The molecule has 2 atom stereocenters. The van der Waals surface area contributed by atoms with Crippen LogP contribution in [-0.2, 0) is 11.2 Å². The predicted octanol–water partition coefficient (Wildman–Crippen LogP) is 5.65. The average Bonchev–Trinajstić information content (AvgIpc) is 3.55. The molecule has 0 radical (unpaired) electrons. The van der Waals surface area contributed by atoms with E-state index in [0.29, 0.717) is 30.5 Å². The first-order chi connectivity index (χ1) is 18.8.